The Kier molecular flexibility index (Phi) is 3.98. The molecule has 0 spiro atoms. The molecule has 0 N–H and O–H groups in total. The van der Waals surface area contributed by atoms with Gasteiger partial charge in [-0.1, -0.05) is 26.7 Å². The molecule has 0 amide bonds. The van der Waals surface area contributed by atoms with Gasteiger partial charge in [0.25, 0.3) is 0 Å². The highest BCUT2D eigenvalue weighted by Crippen LogP contribution is 2.57. The Labute approximate surface area is 127 Å². The van der Waals surface area contributed by atoms with Gasteiger partial charge in [0.05, 0.1) is 0 Å². The fourth-order valence-corrected chi connectivity index (χ4v) is 4.47. The summed E-state index contributed by atoms with van der Waals surface area (Å²) >= 11 is 0. The molecule has 0 aromatic heterocycles. The summed E-state index contributed by atoms with van der Waals surface area (Å²) in [4.78, 5) is 0. The third-order valence-electron chi connectivity index (χ3n) is 5.38. The second kappa shape index (κ2) is 5.62. The molecule has 0 radical (unpaired) electrons. The van der Waals surface area contributed by atoms with Crippen LogP contribution >= 0.6 is 0 Å². The Bertz CT molecular complexity index is 531. The quantitative estimate of drug-likeness (QED) is 0.679. The maximum atomic E-state index is 14.6. The molecule has 1 aliphatic heterocycles. The highest BCUT2D eigenvalue weighted by Gasteiger charge is 2.53. The summed E-state index contributed by atoms with van der Waals surface area (Å²) in [5, 5.41) is 0. The molecular weight excluding hydrogens is 263 g/mol. The van der Waals surface area contributed by atoms with Crippen LogP contribution in [0.1, 0.15) is 75.5 Å². The van der Waals surface area contributed by atoms with Gasteiger partial charge in [0, 0.05) is 11.5 Å². The van der Waals surface area contributed by atoms with E-state index in [0.29, 0.717) is 5.92 Å². The van der Waals surface area contributed by atoms with Gasteiger partial charge >= 0.3 is 0 Å². The lowest BCUT2D eigenvalue weighted by molar-refractivity contribution is -0.0583. The zero-order valence-corrected chi connectivity index (χ0v) is 13.6. The number of hydrogen-bond donors (Lipinski definition) is 0. The van der Waals surface area contributed by atoms with E-state index < -0.39 is 0 Å². The van der Waals surface area contributed by atoms with Crippen molar-refractivity contribution in [2.24, 2.45) is 5.92 Å². The predicted molar refractivity (Wildman–Crippen MR) is 84.3 cm³/mol. The van der Waals surface area contributed by atoms with Gasteiger partial charge in [0.2, 0.25) is 0 Å². The molecule has 0 saturated carbocycles. The first kappa shape index (κ1) is 14.9. The first-order valence-corrected chi connectivity index (χ1v) is 8.65. The van der Waals surface area contributed by atoms with Gasteiger partial charge in [-0.3, -0.25) is 0 Å². The molecule has 1 nitrogen and oxygen atoms in total. The molecule has 0 fully saturated rings. The number of ether oxygens (including phenoxy) is 1. The molecule has 116 valence electrons. The van der Waals surface area contributed by atoms with Crippen LogP contribution in [0.15, 0.2) is 6.07 Å². The smallest absolute Gasteiger partial charge is 0.141 e. The molecule has 0 bridgehead atoms. The average molecular weight is 290 g/mol. The summed E-state index contributed by atoms with van der Waals surface area (Å²) in [6.45, 7) is 6.34. The molecule has 21 heavy (non-hydrogen) atoms. The zero-order valence-electron chi connectivity index (χ0n) is 13.6. The van der Waals surface area contributed by atoms with E-state index in [0.717, 1.165) is 42.6 Å². The highest BCUT2D eigenvalue weighted by atomic mass is 19.1. The van der Waals surface area contributed by atoms with Crippen LogP contribution < -0.4 is 4.74 Å². The van der Waals surface area contributed by atoms with E-state index in [-0.39, 0.29) is 11.4 Å². The van der Waals surface area contributed by atoms with Gasteiger partial charge in [-0.05, 0) is 62.6 Å². The fraction of sp³-hybridized carbons (Fsp3) is 0.684. The Morgan fingerprint density at radius 1 is 1.24 bits per heavy atom. The fourth-order valence-electron chi connectivity index (χ4n) is 4.47. The number of hydrogen-bond acceptors (Lipinski definition) is 1. The molecule has 1 heterocycles. The number of benzene rings is 1. The number of rotatable bonds is 5. The third kappa shape index (κ3) is 2.18. The number of aryl methyl sites for hydroxylation is 1. The Morgan fingerprint density at radius 2 is 1.95 bits per heavy atom. The summed E-state index contributed by atoms with van der Waals surface area (Å²) in [6, 6.07) is 1.91. The second-order valence-corrected chi connectivity index (χ2v) is 6.83. The predicted octanol–water partition coefficient (Wildman–Crippen LogP) is 5.66. The van der Waals surface area contributed by atoms with Crippen molar-refractivity contribution >= 4 is 0 Å². The van der Waals surface area contributed by atoms with Crippen molar-refractivity contribution in [2.45, 2.75) is 77.7 Å². The van der Waals surface area contributed by atoms with Crippen LogP contribution in [-0.4, -0.2) is 0 Å². The average Bonchev–Trinajstić information content (AvgIpc) is 2.61. The van der Waals surface area contributed by atoms with Crippen molar-refractivity contribution in [3.8, 4) is 5.75 Å². The van der Waals surface area contributed by atoms with Gasteiger partial charge < -0.3 is 4.74 Å². The minimum atomic E-state index is -0.179. The Hall–Kier alpha value is -1.05. The molecule has 1 aromatic carbocycles. The molecule has 2 aliphatic rings. The Morgan fingerprint density at radius 3 is 2.62 bits per heavy atom. The lowest BCUT2D eigenvalue weighted by Crippen LogP contribution is -2.48. The molecule has 3 rings (SSSR count). The van der Waals surface area contributed by atoms with Crippen LogP contribution in [0.2, 0.25) is 0 Å². The van der Waals surface area contributed by atoms with Crippen molar-refractivity contribution in [1.29, 1.82) is 0 Å². The van der Waals surface area contributed by atoms with Gasteiger partial charge in [-0.25, -0.2) is 4.39 Å². The van der Waals surface area contributed by atoms with E-state index >= 15 is 0 Å². The Balaban J connectivity index is 2.08. The first-order valence-electron chi connectivity index (χ1n) is 8.65. The molecule has 1 aliphatic carbocycles. The van der Waals surface area contributed by atoms with Crippen LogP contribution in [0.4, 0.5) is 4.39 Å². The largest absolute Gasteiger partial charge is 0.482 e. The van der Waals surface area contributed by atoms with Crippen LogP contribution in [0, 0.1) is 18.7 Å². The minimum Gasteiger partial charge on any atom is -0.482 e. The zero-order chi connectivity index (χ0) is 15.0. The standard InChI is InChI=1S/C19H27FO/c1-4-8-14(9-5-2)19-11-7-6-10-15-17(19)16(21-19)12-13(3)18(15)20/h12,14H,4-11H2,1-3H3. The van der Waals surface area contributed by atoms with E-state index in [1.807, 2.05) is 13.0 Å². The summed E-state index contributed by atoms with van der Waals surface area (Å²) in [5.41, 5.74) is 2.75. The van der Waals surface area contributed by atoms with Crippen LogP contribution in [0.5, 0.6) is 5.75 Å². The van der Waals surface area contributed by atoms with E-state index in [1.54, 1.807) is 0 Å². The molecule has 1 aromatic rings. The molecule has 0 saturated heterocycles. The highest BCUT2D eigenvalue weighted by molar-refractivity contribution is 5.55. The van der Waals surface area contributed by atoms with Gasteiger partial charge in [-0.15, -0.1) is 0 Å². The van der Waals surface area contributed by atoms with E-state index in [4.69, 9.17) is 4.74 Å². The minimum absolute atomic E-state index is 0.0232. The van der Waals surface area contributed by atoms with E-state index in [9.17, 15) is 4.39 Å². The SMILES string of the molecule is CCCC(CCC)C12CCCCc3c(F)c(C)cc(c31)O2. The lowest BCUT2D eigenvalue weighted by atomic mass is 9.69. The van der Waals surface area contributed by atoms with Crippen LogP contribution in [0.3, 0.4) is 0 Å². The summed E-state index contributed by atoms with van der Waals surface area (Å²) in [5.74, 6) is 1.53. The third-order valence-corrected chi connectivity index (χ3v) is 5.38. The van der Waals surface area contributed by atoms with Crippen LogP contribution in [0.25, 0.3) is 0 Å². The van der Waals surface area contributed by atoms with Crippen LogP contribution in [-0.2, 0) is 12.0 Å². The summed E-state index contributed by atoms with van der Waals surface area (Å²) < 4.78 is 21.0. The van der Waals surface area contributed by atoms with Crippen molar-refractivity contribution in [1.82, 2.24) is 0 Å². The maximum Gasteiger partial charge on any atom is 0.141 e. The van der Waals surface area contributed by atoms with Crippen molar-refractivity contribution in [2.75, 3.05) is 0 Å². The van der Waals surface area contributed by atoms with Crippen molar-refractivity contribution in [3.05, 3.63) is 28.6 Å². The van der Waals surface area contributed by atoms with Gasteiger partial charge in [0.15, 0.2) is 0 Å². The summed E-state index contributed by atoms with van der Waals surface area (Å²) in [7, 11) is 0. The molecular formula is C19H27FO. The van der Waals surface area contributed by atoms with Crippen molar-refractivity contribution in [3.63, 3.8) is 0 Å². The monoisotopic (exact) mass is 290 g/mol. The van der Waals surface area contributed by atoms with E-state index in [2.05, 4.69) is 13.8 Å². The first-order chi connectivity index (χ1) is 10.1. The molecule has 2 heteroatoms. The normalized spacial score (nSPS) is 23.3. The molecule has 1 atom stereocenters. The van der Waals surface area contributed by atoms with E-state index in [1.165, 1.54) is 31.2 Å². The number of halogens is 1. The summed E-state index contributed by atoms with van der Waals surface area (Å²) in [6.07, 6.45) is 8.90. The molecule has 1 unspecified atom stereocenters. The van der Waals surface area contributed by atoms with Gasteiger partial charge in [0.1, 0.15) is 17.2 Å². The maximum absolute atomic E-state index is 14.6. The second-order valence-electron chi connectivity index (χ2n) is 6.83. The topological polar surface area (TPSA) is 9.23 Å². The van der Waals surface area contributed by atoms with Gasteiger partial charge in [-0.2, -0.15) is 0 Å². The van der Waals surface area contributed by atoms with Crippen molar-refractivity contribution < 1.29 is 9.13 Å². The lowest BCUT2D eigenvalue weighted by Gasteiger charge is -2.50.